The second-order valence-corrected chi connectivity index (χ2v) is 14.6. The standard InChI is InChI=1S/C32H40Br2ClN5O2/c33-24-18-23-1-2-25-26(3-4-27(35)29(25)34)31(30(23)37-19-24)39-15-9-22(10-16-39)21-7-13-38(14-8-21)28(41)17-20-5-11-40(12-6-20)32(36)42/h3-4,18-22,37H,1-2,5-17H2,(H2,36,42). The Balaban J connectivity index is 1.06. The number of dihydropyridines is 1. The molecule has 10 heteroatoms. The number of urea groups is 1. The van der Waals surface area contributed by atoms with E-state index >= 15 is 0 Å². The van der Waals surface area contributed by atoms with Gasteiger partial charge in [0.1, 0.15) is 0 Å². The van der Waals surface area contributed by atoms with Crippen LogP contribution in [0.1, 0.15) is 62.5 Å². The van der Waals surface area contributed by atoms with E-state index in [1.165, 1.54) is 40.9 Å². The van der Waals surface area contributed by atoms with Gasteiger partial charge in [-0.15, -0.1) is 0 Å². The van der Waals surface area contributed by atoms with E-state index in [0.29, 0.717) is 37.3 Å². The summed E-state index contributed by atoms with van der Waals surface area (Å²) in [6.07, 6.45) is 13.1. The highest BCUT2D eigenvalue weighted by Crippen LogP contribution is 2.43. The molecule has 0 saturated carbocycles. The van der Waals surface area contributed by atoms with Crippen molar-refractivity contribution in [1.82, 2.24) is 20.0 Å². The second kappa shape index (κ2) is 12.9. The van der Waals surface area contributed by atoms with Crippen LogP contribution in [0.4, 0.5) is 4.79 Å². The number of hydrogen-bond donors (Lipinski definition) is 2. The van der Waals surface area contributed by atoms with Gasteiger partial charge in [0.05, 0.1) is 16.4 Å². The number of carbonyl (C=O) groups is 2. The number of fused-ring (bicyclic) bond motifs is 2. The van der Waals surface area contributed by atoms with Crippen LogP contribution < -0.4 is 11.1 Å². The number of primary amides is 1. The van der Waals surface area contributed by atoms with Gasteiger partial charge in [0.2, 0.25) is 5.91 Å². The van der Waals surface area contributed by atoms with E-state index in [1.54, 1.807) is 4.90 Å². The maximum Gasteiger partial charge on any atom is 0.314 e. The summed E-state index contributed by atoms with van der Waals surface area (Å²) >= 11 is 14.0. The molecule has 3 N–H and O–H groups in total. The summed E-state index contributed by atoms with van der Waals surface area (Å²) in [4.78, 5) is 30.8. The van der Waals surface area contributed by atoms with Gasteiger partial charge in [-0.1, -0.05) is 17.7 Å². The molecule has 3 amide bonds. The quantitative estimate of drug-likeness (QED) is 0.367. The minimum Gasteiger partial charge on any atom is -0.369 e. The number of likely N-dealkylation sites (tertiary alicyclic amines) is 3. The molecule has 0 unspecified atom stereocenters. The molecule has 0 aromatic heterocycles. The molecule has 0 atom stereocenters. The normalized spacial score (nSPS) is 22.6. The molecule has 7 nitrogen and oxygen atoms in total. The lowest BCUT2D eigenvalue weighted by atomic mass is 9.78. The number of amides is 3. The number of carbonyl (C=O) groups excluding carboxylic acids is 2. The first-order valence-corrected chi connectivity index (χ1v) is 17.4. The molecule has 4 heterocycles. The van der Waals surface area contributed by atoms with Crippen molar-refractivity contribution >= 4 is 61.1 Å². The minimum absolute atomic E-state index is 0.289. The highest BCUT2D eigenvalue weighted by atomic mass is 79.9. The van der Waals surface area contributed by atoms with Crippen molar-refractivity contribution in [3.05, 3.63) is 60.8 Å². The van der Waals surface area contributed by atoms with E-state index in [4.69, 9.17) is 17.3 Å². The first-order valence-electron chi connectivity index (χ1n) is 15.4. The SMILES string of the molecule is NC(=O)N1CCC(CC(=O)N2CCC(C3CCN(C4=C5NC=C(Br)C=C5CCc5c4ccc(Cl)c5Br)CC3)CC2)CC1. The van der Waals surface area contributed by atoms with Gasteiger partial charge in [0.15, 0.2) is 0 Å². The molecule has 3 saturated heterocycles. The molecule has 0 bridgehead atoms. The number of halogens is 3. The van der Waals surface area contributed by atoms with Crippen molar-refractivity contribution < 1.29 is 9.59 Å². The summed E-state index contributed by atoms with van der Waals surface area (Å²) in [5.41, 5.74) is 11.8. The average Bonchev–Trinajstić information content (AvgIpc) is 3.16. The topological polar surface area (TPSA) is 81.9 Å². The number of piperidine rings is 3. The third-order valence-electron chi connectivity index (χ3n) is 10.1. The predicted octanol–water partition coefficient (Wildman–Crippen LogP) is 6.61. The number of nitrogens with zero attached hydrogens (tertiary/aromatic N) is 3. The van der Waals surface area contributed by atoms with E-state index in [1.807, 2.05) is 12.3 Å². The van der Waals surface area contributed by atoms with Crippen LogP contribution in [-0.2, 0) is 11.2 Å². The highest BCUT2D eigenvalue weighted by Gasteiger charge is 2.35. The second-order valence-electron chi connectivity index (χ2n) is 12.5. The van der Waals surface area contributed by atoms with Gasteiger partial charge in [0.25, 0.3) is 0 Å². The zero-order valence-corrected chi connectivity index (χ0v) is 27.9. The number of nitrogens with two attached hydrogens (primary N) is 1. The fourth-order valence-electron chi connectivity index (χ4n) is 7.66. The zero-order valence-electron chi connectivity index (χ0n) is 24.0. The molecule has 4 aliphatic heterocycles. The number of benzene rings is 1. The molecule has 226 valence electrons. The van der Waals surface area contributed by atoms with Gasteiger partial charge in [0, 0.05) is 66.4 Å². The maximum absolute atomic E-state index is 13.1. The monoisotopic (exact) mass is 719 g/mol. The number of rotatable bonds is 4. The van der Waals surface area contributed by atoms with Crippen molar-refractivity contribution in [2.75, 3.05) is 39.3 Å². The van der Waals surface area contributed by atoms with Crippen LogP contribution >= 0.6 is 43.5 Å². The number of nitrogens with one attached hydrogen (secondary N) is 1. The van der Waals surface area contributed by atoms with Crippen molar-refractivity contribution in [1.29, 1.82) is 0 Å². The number of allylic oxidation sites excluding steroid dienone is 3. The first kappa shape index (κ1) is 30.1. The molecular weight excluding hydrogens is 682 g/mol. The Kier molecular flexibility index (Phi) is 9.27. The van der Waals surface area contributed by atoms with Gasteiger partial charge in [-0.25, -0.2) is 4.79 Å². The van der Waals surface area contributed by atoms with Crippen LogP contribution in [0, 0.1) is 17.8 Å². The highest BCUT2D eigenvalue weighted by molar-refractivity contribution is 9.12. The van der Waals surface area contributed by atoms with E-state index in [9.17, 15) is 9.59 Å². The first-order chi connectivity index (χ1) is 20.3. The van der Waals surface area contributed by atoms with Crippen LogP contribution in [0.15, 0.2) is 44.6 Å². The van der Waals surface area contributed by atoms with Gasteiger partial charge < -0.3 is 25.8 Å². The Morgan fingerprint density at radius 3 is 2.21 bits per heavy atom. The molecule has 42 heavy (non-hydrogen) atoms. The summed E-state index contributed by atoms with van der Waals surface area (Å²) < 4.78 is 2.08. The third-order valence-corrected chi connectivity index (χ3v) is 12.0. The molecule has 6 rings (SSSR count). The van der Waals surface area contributed by atoms with Crippen molar-refractivity contribution in [3.8, 4) is 0 Å². The Hall–Kier alpha value is -1.97. The fourth-order valence-corrected chi connectivity index (χ4v) is 8.77. The van der Waals surface area contributed by atoms with Crippen LogP contribution in [0.25, 0.3) is 5.70 Å². The lowest BCUT2D eigenvalue weighted by molar-refractivity contribution is -0.134. The summed E-state index contributed by atoms with van der Waals surface area (Å²) in [5.74, 6) is 2.04. The minimum atomic E-state index is -0.347. The van der Waals surface area contributed by atoms with Gasteiger partial charge >= 0.3 is 6.03 Å². The summed E-state index contributed by atoms with van der Waals surface area (Å²) in [5, 5.41) is 4.38. The van der Waals surface area contributed by atoms with Gasteiger partial charge in [-0.2, -0.15) is 0 Å². The van der Waals surface area contributed by atoms with Gasteiger partial charge in [-0.3, -0.25) is 4.79 Å². The molecule has 0 radical (unpaired) electrons. The van der Waals surface area contributed by atoms with Crippen LogP contribution in [0.2, 0.25) is 5.02 Å². The molecule has 0 spiro atoms. The molecule has 3 fully saturated rings. The summed E-state index contributed by atoms with van der Waals surface area (Å²) in [6, 6.07) is 3.86. The molecular formula is C32H40Br2ClN5O2. The summed E-state index contributed by atoms with van der Waals surface area (Å²) in [6.45, 7) is 5.16. The smallest absolute Gasteiger partial charge is 0.314 e. The Morgan fingerprint density at radius 2 is 1.55 bits per heavy atom. The van der Waals surface area contributed by atoms with Crippen LogP contribution in [0.3, 0.4) is 0 Å². The van der Waals surface area contributed by atoms with Crippen molar-refractivity contribution in [2.45, 2.75) is 57.8 Å². The van der Waals surface area contributed by atoms with Crippen molar-refractivity contribution in [3.63, 3.8) is 0 Å². The largest absolute Gasteiger partial charge is 0.369 e. The van der Waals surface area contributed by atoms with E-state index in [0.717, 1.165) is 78.7 Å². The van der Waals surface area contributed by atoms with Crippen LogP contribution in [-0.4, -0.2) is 65.9 Å². The van der Waals surface area contributed by atoms with E-state index in [2.05, 4.69) is 59.1 Å². The van der Waals surface area contributed by atoms with E-state index < -0.39 is 0 Å². The summed E-state index contributed by atoms with van der Waals surface area (Å²) in [7, 11) is 0. The Bertz CT molecular complexity index is 1320. The predicted molar refractivity (Wildman–Crippen MR) is 175 cm³/mol. The molecule has 5 aliphatic rings. The molecule has 1 aromatic rings. The van der Waals surface area contributed by atoms with Crippen molar-refractivity contribution in [2.24, 2.45) is 23.5 Å². The third kappa shape index (κ3) is 6.29. The molecule has 1 aliphatic carbocycles. The Morgan fingerprint density at radius 1 is 0.905 bits per heavy atom. The van der Waals surface area contributed by atoms with E-state index in [-0.39, 0.29) is 11.9 Å². The fraction of sp³-hybridized carbons (Fsp3) is 0.562. The maximum atomic E-state index is 13.1. The zero-order chi connectivity index (χ0) is 29.4. The van der Waals surface area contributed by atoms with Gasteiger partial charge in [-0.05, 0) is 124 Å². The lowest BCUT2D eigenvalue weighted by Gasteiger charge is -2.42. The molecule has 1 aromatic carbocycles. The number of hydrogen-bond acceptors (Lipinski definition) is 4. The lowest BCUT2D eigenvalue weighted by Crippen LogP contribution is -2.44. The van der Waals surface area contributed by atoms with Crippen LogP contribution in [0.5, 0.6) is 0 Å². The average molecular weight is 722 g/mol. The Labute approximate surface area is 270 Å².